The van der Waals surface area contributed by atoms with E-state index in [1.807, 2.05) is 13.0 Å². The summed E-state index contributed by atoms with van der Waals surface area (Å²) in [6.45, 7) is 7.78. The monoisotopic (exact) mass is 266 g/mol. The van der Waals surface area contributed by atoms with Crippen LogP contribution >= 0.6 is 0 Å². The number of aliphatic hydroxyl groups excluding tert-OH is 3. The summed E-state index contributed by atoms with van der Waals surface area (Å²) in [5.74, 6) is 0.0679. The third kappa shape index (κ3) is 1.43. The maximum absolute atomic E-state index is 10.3. The molecule has 19 heavy (non-hydrogen) atoms. The first-order valence-corrected chi connectivity index (χ1v) is 6.93. The van der Waals surface area contributed by atoms with Gasteiger partial charge in [-0.1, -0.05) is 32.1 Å². The molecule has 106 valence electrons. The molecule has 0 spiro atoms. The summed E-state index contributed by atoms with van der Waals surface area (Å²) in [6.07, 6.45) is 2.09. The van der Waals surface area contributed by atoms with Gasteiger partial charge in [0.05, 0.1) is 12.7 Å². The van der Waals surface area contributed by atoms with Gasteiger partial charge in [-0.25, -0.2) is 0 Å². The molecule has 2 aliphatic carbocycles. The zero-order chi connectivity index (χ0) is 14.0. The Labute approximate surface area is 113 Å². The minimum absolute atomic E-state index is 0.0679. The van der Waals surface area contributed by atoms with E-state index in [9.17, 15) is 15.3 Å². The first-order chi connectivity index (χ1) is 8.88. The lowest BCUT2D eigenvalue weighted by Gasteiger charge is -2.47. The van der Waals surface area contributed by atoms with Crippen molar-refractivity contribution < 1.29 is 20.1 Å². The van der Waals surface area contributed by atoms with Crippen LogP contribution in [-0.2, 0) is 4.74 Å². The highest BCUT2D eigenvalue weighted by Crippen LogP contribution is 2.64. The first kappa shape index (κ1) is 13.3. The van der Waals surface area contributed by atoms with Gasteiger partial charge < -0.3 is 20.1 Å². The molecule has 1 saturated carbocycles. The third-order valence-electron chi connectivity index (χ3n) is 5.66. The van der Waals surface area contributed by atoms with Crippen molar-refractivity contribution in [3.63, 3.8) is 0 Å². The number of epoxide rings is 1. The van der Waals surface area contributed by atoms with Crippen LogP contribution in [0.1, 0.15) is 26.7 Å². The Morgan fingerprint density at radius 1 is 1.53 bits per heavy atom. The summed E-state index contributed by atoms with van der Waals surface area (Å²) in [7, 11) is 0. The lowest BCUT2D eigenvalue weighted by molar-refractivity contribution is 0.00730. The molecule has 1 aliphatic heterocycles. The number of ether oxygens (including phenoxy) is 1. The molecular formula is C15H22O4. The molecule has 3 rings (SSSR count). The van der Waals surface area contributed by atoms with Crippen molar-refractivity contribution in [3.8, 4) is 0 Å². The van der Waals surface area contributed by atoms with E-state index in [0.717, 1.165) is 12.8 Å². The normalized spacial score (nSPS) is 51.9. The predicted molar refractivity (Wildman–Crippen MR) is 70.4 cm³/mol. The van der Waals surface area contributed by atoms with Crippen molar-refractivity contribution in [2.75, 3.05) is 6.61 Å². The summed E-state index contributed by atoms with van der Waals surface area (Å²) >= 11 is 0. The molecule has 3 aliphatic rings. The van der Waals surface area contributed by atoms with Crippen LogP contribution in [0, 0.1) is 11.3 Å². The zero-order valence-corrected chi connectivity index (χ0v) is 11.5. The standard InChI is InChI=1S/C15H22O4/c1-8(7-16)15-12(18)6-10-4-5-11(17)9(2)14(10,3)13(15)19-15/h6,9,11-13,16-18H,1,4-5,7H2,2-3H3/t9-,11+,12+,13+,14+,15-/m0/s1. The van der Waals surface area contributed by atoms with E-state index in [1.54, 1.807) is 0 Å². The molecule has 3 N–H and O–H groups in total. The summed E-state index contributed by atoms with van der Waals surface area (Å²) in [6, 6.07) is 0. The molecule has 1 heterocycles. The fourth-order valence-electron chi connectivity index (χ4n) is 4.05. The fraction of sp³-hybridized carbons (Fsp3) is 0.733. The van der Waals surface area contributed by atoms with Gasteiger partial charge in [-0.05, 0) is 24.3 Å². The second-order valence-electron chi connectivity index (χ2n) is 6.37. The average molecular weight is 266 g/mol. The summed E-state index contributed by atoms with van der Waals surface area (Å²) < 4.78 is 5.85. The second-order valence-corrected chi connectivity index (χ2v) is 6.37. The molecule has 4 nitrogen and oxygen atoms in total. The largest absolute Gasteiger partial charge is 0.393 e. The lowest BCUT2D eigenvalue weighted by atomic mass is 9.56. The highest BCUT2D eigenvalue weighted by molar-refractivity contribution is 5.43. The fourth-order valence-corrected chi connectivity index (χ4v) is 4.05. The third-order valence-corrected chi connectivity index (χ3v) is 5.66. The van der Waals surface area contributed by atoms with Gasteiger partial charge in [-0.3, -0.25) is 0 Å². The van der Waals surface area contributed by atoms with Gasteiger partial charge in [-0.2, -0.15) is 0 Å². The zero-order valence-electron chi connectivity index (χ0n) is 11.5. The maximum Gasteiger partial charge on any atom is 0.148 e. The van der Waals surface area contributed by atoms with Gasteiger partial charge in [0.2, 0.25) is 0 Å². The van der Waals surface area contributed by atoms with Crippen LogP contribution in [0.15, 0.2) is 23.8 Å². The second kappa shape index (κ2) is 3.92. The van der Waals surface area contributed by atoms with Crippen LogP contribution in [0.2, 0.25) is 0 Å². The molecular weight excluding hydrogens is 244 g/mol. The van der Waals surface area contributed by atoms with Crippen LogP contribution < -0.4 is 0 Å². The van der Waals surface area contributed by atoms with Crippen molar-refractivity contribution in [1.82, 2.24) is 0 Å². The molecule has 1 saturated heterocycles. The van der Waals surface area contributed by atoms with Gasteiger partial charge in [0.1, 0.15) is 17.8 Å². The summed E-state index contributed by atoms with van der Waals surface area (Å²) in [5.41, 5.74) is 0.559. The quantitative estimate of drug-likeness (QED) is 0.510. The van der Waals surface area contributed by atoms with Gasteiger partial charge in [0.25, 0.3) is 0 Å². The number of hydrogen-bond acceptors (Lipinski definition) is 4. The number of fused-ring (bicyclic) bond motifs is 3. The maximum atomic E-state index is 10.3. The van der Waals surface area contributed by atoms with Crippen molar-refractivity contribution in [2.45, 2.75) is 50.6 Å². The summed E-state index contributed by atoms with van der Waals surface area (Å²) in [5, 5.41) is 29.8. The van der Waals surface area contributed by atoms with E-state index in [-0.39, 0.29) is 30.1 Å². The Morgan fingerprint density at radius 3 is 2.84 bits per heavy atom. The van der Waals surface area contributed by atoms with Crippen molar-refractivity contribution in [2.24, 2.45) is 11.3 Å². The lowest BCUT2D eigenvalue weighted by Crippen LogP contribution is -2.51. The number of rotatable bonds is 2. The van der Waals surface area contributed by atoms with Crippen LogP contribution in [0.25, 0.3) is 0 Å². The summed E-state index contributed by atoms with van der Waals surface area (Å²) in [4.78, 5) is 0. The van der Waals surface area contributed by atoms with Gasteiger partial charge >= 0.3 is 0 Å². The van der Waals surface area contributed by atoms with Gasteiger partial charge in [0.15, 0.2) is 0 Å². The SMILES string of the molecule is C=C(CO)[C@@]12O[C@@H]1[C@@]1(C)C(=C[C@H]2O)CC[C@@H](O)[C@@H]1C. The molecule has 6 atom stereocenters. The van der Waals surface area contributed by atoms with E-state index in [0.29, 0.717) is 5.57 Å². The Bertz CT molecular complexity index is 457. The van der Waals surface area contributed by atoms with Crippen molar-refractivity contribution in [3.05, 3.63) is 23.8 Å². The molecule has 4 heteroatoms. The smallest absolute Gasteiger partial charge is 0.148 e. The molecule has 0 aromatic carbocycles. The molecule has 0 unspecified atom stereocenters. The molecule has 0 aromatic rings. The van der Waals surface area contributed by atoms with E-state index in [2.05, 4.69) is 13.5 Å². The molecule has 0 aromatic heterocycles. The molecule has 0 bridgehead atoms. The average Bonchev–Trinajstić information content (AvgIpc) is 3.15. The Balaban J connectivity index is 2.05. The minimum Gasteiger partial charge on any atom is -0.393 e. The molecule has 0 radical (unpaired) electrons. The minimum atomic E-state index is -0.849. The van der Waals surface area contributed by atoms with Crippen LogP contribution in [0.5, 0.6) is 0 Å². The highest BCUT2D eigenvalue weighted by atomic mass is 16.6. The number of aliphatic hydroxyl groups is 3. The van der Waals surface area contributed by atoms with E-state index in [1.165, 1.54) is 5.57 Å². The molecule has 2 fully saturated rings. The van der Waals surface area contributed by atoms with Gasteiger partial charge in [-0.15, -0.1) is 0 Å². The predicted octanol–water partition coefficient (Wildman–Crippen LogP) is 0.770. The van der Waals surface area contributed by atoms with E-state index >= 15 is 0 Å². The van der Waals surface area contributed by atoms with Crippen LogP contribution in [0.4, 0.5) is 0 Å². The van der Waals surface area contributed by atoms with Crippen molar-refractivity contribution >= 4 is 0 Å². The van der Waals surface area contributed by atoms with Gasteiger partial charge in [0, 0.05) is 5.41 Å². The Kier molecular flexibility index (Phi) is 2.74. The first-order valence-electron chi connectivity index (χ1n) is 6.93. The topological polar surface area (TPSA) is 73.2 Å². The molecule has 0 amide bonds. The van der Waals surface area contributed by atoms with Crippen LogP contribution in [-0.4, -0.2) is 45.8 Å². The van der Waals surface area contributed by atoms with E-state index in [4.69, 9.17) is 4.74 Å². The highest BCUT2D eigenvalue weighted by Gasteiger charge is 2.73. The van der Waals surface area contributed by atoms with E-state index < -0.39 is 11.7 Å². The Hall–Kier alpha value is -0.680. The Morgan fingerprint density at radius 2 is 2.21 bits per heavy atom. The van der Waals surface area contributed by atoms with Crippen LogP contribution in [0.3, 0.4) is 0 Å². The number of hydrogen-bond donors (Lipinski definition) is 3. The van der Waals surface area contributed by atoms with Crippen molar-refractivity contribution in [1.29, 1.82) is 0 Å².